The summed E-state index contributed by atoms with van der Waals surface area (Å²) in [6.45, 7) is 3.28. The van der Waals surface area contributed by atoms with Crippen LogP contribution in [0, 0.1) is 0 Å². The number of carboxylic acid groups (broad SMARTS) is 1. The Morgan fingerprint density at radius 2 is 2.20 bits per heavy atom. The van der Waals surface area contributed by atoms with Crippen molar-refractivity contribution in [3.63, 3.8) is 0 Å². The summed E-state index contributed by atoms with van der Waals surface area (Å²) in [5, 5.41) is 11.3. The third-order valence-electron chi connectivity index (χ3n) is 2.93. The smallest absolute Gasteiger partial charge is 0.326 e. The van der Waals surface area contributed by atoms with Crippen LogP contribution in [0.2, 0.25) is 0 Å². The van der Waals surface area contributed by atoms with Gasteiger partial charge in [-0.3, -0.25) is 4.79 Å². The second kappa shape index (κ2) is 7.68. The van der Waals surface area contributed by atoms with Gasteiger partial charge >= 0.3 is 18.0 Å². The number of carboxylic acids is 1. The van der Waals surface area contributed by atoms with E-state index in [1.54, 1.807) is 0 Å². The highest BCUT2D eigenvalue weighted by Gasteiger charge is 2.27. The predicted molar refractivity (Wildman–Crippen MR) is 68.2 cm³/mol. The number of nitrogens with one attached hydrogen (secondary N) is 1. The Hall–Kier alpha value is -1.83. The summed E-state index contributed by atoms with van der Waals surface area (Å²) >= 11 is 0. The number of ether oxygens (including phenoxy) is 2. The summed E-state index contributed by atoms with van der Waals surface area (Å²) in [6, 6.07) is -1.81. The maximum Gasteiger partial charge on any atom is 0.326 e. The maximum atomic E-state index is 12.0. The second-order valence-corrected chi connectivity index (χ2v) is 4.60. The number of esters is 1. The number of urea groups is 1. The SMILES string of the molecule is COC(=O)C[C@H](NC(=O)N1CCCOC(C)C1)C(=O)O. The first-order valence-electron chi connectivity index (χ1n) is 6.40. The normalized spacial score (nSPS) is 20.7. The highest BCUT2D eigenvalue weighted by Crippen LogP contribution is 2.06. The number of rotatable bonds is 4. The molecule has 0 radical (unpaired) electrons. The molecule has 0 aromatic heterocycles. The minimum Gasteiger partial charge on any atom is -0.480 e. The number of carbonyl (C=O) groups is 3. The molecule has 0 aliphatic carbocycles. The molecule has 0 aromatic rings. The van der Waals surface area contributed by atoms with Crippen molar-refractivity contribution < 1.29 is 29.0 Å². The molecule has 1 unspecified atom stereocenters. The molecule has 0 saturated carbocycles. The van der Waals surface area contributed by atoms with Gasteiger partial charge in [-0.25, -0.2) is 9.59 Å². The van der Waals surface area contributed by atoms with E-state index in [2.05, 4.69) is 10.1 Å². The van der Waals surface area contributed by atoms with Crippen LogP contribution in [0.15, 0.2) is 0 Å². The summed E-state index contributed by atoms with van der Waals surface area (Å²) in [5.74, 6) is -1.96. The van der Waals surface area contributed by atoms with Crippen LogP contribution in [-0.2, 0) is 19.1 Å². The van der Waals surface area contributed by atoms with Gasteiger partial charge in [-0.1, -0.05) is 0 Å². The number of carbonyl (C=O) groups excluding carboxylic acids is 2. The molecule has 1 rings (SSSR count). The van der Waals surface area contributed by atoms with Crippen LogP contribution < -0.4 is 5.32 Å². The molecule has 8 heteroatoms. The zero-order valence-corrected chi connectivity index (χ0v) is 11.6. The Morgan fingerprint density at radius 3 is 2.80 bits per heavy atom. The molecule has 1 saturated heterocycles. The lowest BCUT2D eigenvalue weighted by atomic mass is 10.2. The average molecular weight is 288 g/mol. The Balaban J connectivity index is 2.60. The van der Waals surface area contributed by atoms with Crippen LogP contribution in [0.3, 0.4) is 0 Å². The summed E-state index contributed by atoms with van der Waals surface area (Å²) < 4.78 is 9.81. The van der Waals surface area contributed by atoms with Crippen molar-refractivity contribution in [3.05, 3.63) is 0 Å². The van der Waals surface area contributed by atoms with Crippen molar-refractivity contribution in [2.24, 2.45) is 0 Å². The van der Waals surface area contributed by atoms with E-state index in [9.17, 15) is 14.4 Å². The van der Waals surface area contributed by atoms with E-state index in [0.29, 0.717) is 26.1 Å². The van der Waals surface area contributed by atoms with Gasteiger partial charge in [-0.2, -0.15) is 0 Å². The third-order valence-corrected chi connectivity index (χ3v) is 2.93. The molecule has 8 nitrogen and oxygen atoms in total. The van der Waals surface area contributed by atoms with Crippen molar-refractivity contribution in [1.82, 2.24) is 10.2 Å². The van der Waals surface area contributed by atoms with E-state index >= 15 is 0 Å². The van der Waals surface area contributed by atoms with Gasteiger partial charge in [0.1, 0.15) is 6.04 Å². The third kappa shape index (κ3) is 5.04. The zero-order valence-electron chi connectivity index (χ0n) is 11.6. The van der Waals surface area contributed by atoms with Gasteiger partial charge in [0.05, 0.1) is 19.6 Å². The van der Waals surface area contributed by atoms with Gasteiger partial charge in [0, 0.05) is 19.7 Å². The summed E-state index contributed by atoms with van der Waals surface area (Å²) in [5.41, 5.74) is 0. The maximum absolute atomic E-state index is 12.0. The largest absolute Gasteiger partial charge is 0.480 e. The molecule has 1 heterocycles. The first-order chi connectivity index (χ1) is 9.43. The van der Waals surface area contributed by atoms with Gasteiger partial charge in [0.2, 0.25) is 0 Å². The van der Waals surface area contributed by atoms with Crippen LogP contribution in [0.1, 0.15) is 19.8 Å². The molecule has 0 spiro atoms. The molecule has 1 fully saturated rings. The topological polar surface area (TPSA) is 105 Å². The lowest BCUT2D eigenvalue weighted by Gasteiger charge is -2.24. The molecule has 0 bridgehead atoms. The van der Waals surface area contributed by atoms with Crippen LogP contribution >= 0.6 is 0 Å². The molecule has 1 aliphatic heterocycles. The van der Waals surface area contributed by atoms with E-state index in [-0.39, 0.29) is 6.10 Å². The minimum absolute atomic E-state index is 0.105. The standard InChI is InChI=1S/C12H20N2O6/c1-8-7-14(4-3-5-20-8)12(18)13-9(11(16)17)6-10(15)19-2/h8-9H,3-7H2,1-2H3,(H,13,18)(H,16,17)/t8?,9-/m0/s1. The molecule has 114 valence electrons. The monoisotopic (exact) mass is 288 g/mol. The summed E-state index contributed by atoms with van der Waals surface area (Å²) in [4.78, 5) is 35.7. The molecular formula is C12H20N2O6. The molecular weight excluding hydrogens is 268 g/mol. The van der Waals surface area contributed by atoms with Crippen molar-refractivity contribution in [2.45, 2.75) is 31.9 Å². The zero-order chi connectivity index (χ0) is 15.1. The second-order valence-electron chi connectivity index (χ2n) is 4.60. The van der Waals surface area contributed by atoms with Gasteiger partial charge in [-0.05, 0) is 13.3 Å². The van der Waals surface area contributed by atoms with Gasteiger partial charge < -0.3 is 24.8 Å². The van der Waals surface area contributed by atoms with Crippen molar-refractivity contribution >= 4 is 18.0 Å². The number of hydrogen-bond donors (Lipinski definition) is 2. The Morgan fingerprint density at radius 1 is 1.50 bits per heavy atom. The number of amides is 2. The Bertz CT molecular complexity index is 373. The van der Waals surface area contributed by atoms with Crippen molar-refractivity contribution in [3.8, 4) is 0 Å². The van der Waals surface area contributed by atoms with Crippen molar-refractivity contribution in [1.29, 1.82) is 0 Å². The fourth-order valence-electron chi connectivity index (χ4n) is 1.87. The predicted octanol–water partition coefficient (Wildman–Crippen LogP) is -0.177. The lowest BCUT2D eigenvalue weighted by Crippen LogP contribution is -2.50. The van der Waals surface area contributed by atoms with Gasteiger partial charge in [0.25, 0.3) is 0 Å². The molecule has 2 atom stereocenters. The molecule has 2 N–H and O–H groups in total. The number of nitrogens with zero attached hydrogens (tertiary/aromatic N) is 1. The first-order valence-corrected chi connectivity index (χ1v) is 6.40. The van der Waals surface area contributed by atoms with Crippen LogP contribution in [0.5, 0.6) is 0 Å². The number of aliphatic carboxylic acids is 1. The highest BCUT2D eigenvalue weighted by molar-refractivity contribution is 5.86. The summed E-state index contributed by atoms with van der Waals surface area (Å²) in [7, 11) is 1.16. The fourth-order valence-corrected chi connectivity index (χ4v) is 1.87. The van der Waals surface area contributed by atoms with E-state index in [1.807, 2.05) is 6.92 Å². The van der Waals surface area contributed by atoms with Crippen LogP contribution in [0.4, 0.5) is 4.79 Å². The quantitative estimate of drug-likeness (QED) is 0.695. The Kier molecular flexibility index (Phi) is 6.23. The van der Waals surface area contributed by atoms with E-state index in [0.717, 1.165) is 7.11 Å². The van der Waals surface area contributed by atoms with Crippen LogP contribution in [0.25, 0.3) is 0 Å². The van der Waals surface area contributed by atoms with E-state index in [1.165, 1.54) is 4.90 Å². The van der Waals surface area contributed by atoms with Gasteiger partial charge in [0.15, 0.2) is 0 Å². The molecule has 1 aliphatic rings. The van der Waals surface area contributed by atoms with E-state index < -0.39 is 30.4 Å². The highest BCUT2D eigenvalue weighted by atomic mass is 16.5. The molecule has 0 aromatic carbocycles. The average Bonchev–Trinajstić information content (AvgIpc) is 2.62. The van der Waals surface area contributed by atoms with Crippen molar-refractivity contribution in [2.75, 3.05) is 26.8 Å². The van der Waals surface area contributed by atoms with Gasteiger partial charge in [-0.15, -0.1) is 0 Å². The Labute approximate surface area is 117 Å². The lowest BCUT2D eigenvalue weighted by molar-refractivity contribution is -0.147. The summed E-state index contributed by atoms with van der Waals surface area (Å²) in [6.07, 6.45) is 0.177. The number of methoxy groups -OCH3 is 1. The van der Waals surface area contributed by atoms with Crippen LogP contribution in [-0.4, -0.2) is 66.9 Å². The van der Waals surface area contributed by atoms with E-state index in [4.69, 9.17) is 9.84 Å². The molecule has 2 amide bonds. The fraction of sp³-hybridized carbons (Fsp3) is 0.750. The first kappa shape index (κ1) is 16.2. The molecule has 20 heavy (non-hydrogen) atoms. The minimum atomic E-state index is -1.30. The number of hydrogen-bond acceptors (Lipinski definition) is 5.